The third-order valence-electron chi connectivity index (χ3n) is 1.77. The van der Waals surface area contributed by atoms with Crippen LogP contribution in [0, 0.1) is 0 Å². The second-order valence-corrected chi connectivity index (χ2v) is 2.66. The van der Waals surface area contributed by atoms with Gasteiger partial charge in [-0.1, -0.05) is 6.92 Å². The maximum atomic E-state index is 5.42. The first kappa shape index (κ1) is 7.03. The molecule has 2 heteroatoms. The SMILES string of the molecule is CC[C@H]1CO[C@@H](C)CN1. The van der Waals surface area contributed by atoms with Crippen LogP contribution in [0.1, 0.15) is 20.3 Å². The number of rotatable bonds is 1. The van der Waals surface area contributed by atoms with Crippen LogP contribution in [0.25, 0.3) is 0 Å². The van der Waals surface area contributed by atoms with Gasteiger partial charge in [0.05, 0.1) is 12.7 Å². The lowest BCUT2D eigenvalue weighted by Crippen LogP contribution is -2.44. The largest absolute Gasteiger partial charge is 0.376 e. The van der Waals surface area contributed by atoms with Gasteiger partial charge in [0.15, 0.2) is 0 Å². The predicted octanol–water partition coefficient (Wildman–Crippen LogP) is 0.773. The summed E-state index contributed by atoms with van der Waals surface area (Å²) in [6.07, 6.45) is 1.58. The first-order chi connectivity index (χ1) is 4.33. The summed E-state index contributed by atoms with van der Waals surface area (Å²) in [6, 6.07) is 0.598. The molecule has 1 heterocycles. The van der Waals surface area contributed by atoms with Crippen LogP contribution in [-0.2, 0) is 4.74 Å². The van der Waals surface area contributed by atoms with Crippen molar-refractivity contribution in [3.63, 3.8) is 0 Å². The van der Waals surface area contributed by atoms with E-state index in [1.54, 1.807) is 0 Å². The molecule has 0 radical (unpaired) electrons. The molecule has 0 saturated carbocycles. The van der Waals surface area contributed by atoms with Crippen molar-refractivity contribution < 1.29 is 4.74 Å². The second kappa shape index (κ2) is 3.18. The lowest BCUT2D eigenvalue weighted by Gasteiger charge is -2.27. The van der Waals surface area contributed by atoms with Gasteiger partial charge in [0.1, 0.15) is 0 Å². The molecule has 1 N–H and O–H groups in total. The molecule has 1 saturated heterocycles. The zero-order valence-corrected chi connectivity index (χ0v) is 6.18. The predicted molar refractivity (Wildman–Crippen MR) is 37.5 cm³/mol. The number of hydrogen-bond donors (Lipinski definition) is 1. The summed E-state index contributed by atoms with van der Waals surface area (Å²) >= 11 is 0. The Morgan fingerprint density at radius 2 is 2.44 bits per heavy atom. The minimum Gasteiger partial charge on any atom is -0.376 e. The zero-order chi connectivity index (χ0) is 6.69. The molecule has 0 aromatic rings. The van der Waals surface area contributed by atoms with Crippen molar-refractivity contribution in [3.05, 3.63) is 0 Å². The van der Waals surface area contributed by atoms with E-state index in [0.717, 1.165) is 13.2 Å². The zero-order valence-electron chi connectivity index (χ0n) is 6.18. The van der Waals surface area contributed by atoms with Crippen LogP contribution < -0.4 is 5.32 Å². The molecule has 0 amide bonds. The van der Waals surface area contributed by atoms with E-state index in [0.29, 0.717) is 12.1 Å². The summed E-state index contributed by atoms with van der Waals surface area (Å²) in [6.45, 7) is 6.17. The molecule has 0 aromatic carbocycles. The molecule has 0 unspecified atom stereocenters. The Balaban J connectivity index is 2.18. The Morgan fingerprint density at radius 1 is 1.67 bits per heavy atom. The highest BCUT2D eigenvalue weighted by molar-refractivity contribution is 4.71. The molecule has 1 fully saturated rings. The lowest BCUT2D eigenvalue weighted by atomic mass is 10.2. The van der Waals surface area contributed by atoms with Crippen LogP contribution in [0.15, 0.2) is 0 Å². The van der Waals surface area contributed by atoms with Crippen LogP contribution >= 0.6 is 0 Å². The monoisotopic (exact) mass is 129 g/mol. The van der Waals surface area contributed by atoms with E-state index in [2.05, 4.69) is 19.2 Å². The summed E-state index contributed by atoms with van der Waals surface area (Å²) in [7, 11) is 0. The van der Waals surface area contributed by atoms with Crippen LogP contribution in [0.5, 0.6) is 0 Å². The average molecular weight is 129 g/mol. The molecule has 1 aliphatic heterocycles. The second-order valence-electron chi connectivity index (χ2n) is 2.66. The molecule has 2 nitrogen and oxygen atoms in total. The van der Waals surface area contributed by atoms with Crippen LogP contribution in [0.2, 0.25) is 0 Å². The topological polar surface area (TPSA) is 21.3 Å². The minimum absolute atomic E-state index is 0.410. The number of ether oxygens (including phenoxy) is 1. The quantitative estimate of drug-likeness (QED) is 0.564. The highest BCUT2D eigenvalue weighted by Crippen LogP contribution is 2.01. The van der Waals surface area contributed by atoms with E-state index < -0.39 is 0 Å². The Labute approximate surface area is 56.6 Å². The van der Waals surface area contributed by atoms with E-state index in [1.165, 1.54) is 6.42 Å². The van der Waals surface area contributed by atoms with Crippen LogP contribution in [0.3, 0.4) is 0 Å². The normalized spacial score (nSPS) is 36.7. The Morgan fingerprint density at radius 3 is 2.89 bits per heavy atom. The van der Waals surface area contributed by atoms with Gasteiger partial charge in [-0.2, -0.15) is 0 Å². The van der Waals surface area contributed by atoms with Crippen molar-refractivity contribution in [2.45, 2.75) is 32.4 Å². The fourth-order valence-corrected chi connectivity index (χ4v) is 0.993. The maximum Gasteiger partial charge on any atom is 0.0672 e. The van der Waals surface area contributed by atoms with Gasteiger partial charge < -0.3 is 10.1 Å². The Kier molecular flexibility index (Phi) is 2.49. The first-order valence-corrected chi connectivity index (χ1v) is 3.68. The van der Waals surface area contributed by atoms with Gasteiger partial charge in [-0.15, -0.1) is 0 Å². The van der Waals surface area contributed by atoms with E-state index >= 15 is 0 Å². The summed E-state index contributed by atoms with van der Waals surface area (Å²) < 4.78 is 5.42. The van der Waals surface area contributed by atoms with Crippen LogP contribution in [0.4, 0.5) is 0 Å². The molecule has 0 bridgehead atoms. The van der Waals surface area contributed by atoms with Gasteiger partial charge in [-0.25, -0.2) is 0 Å². The minimum atomic E-state index is 0.410. The molecule has 0 spiro atoms. The fourth-order valence-electron chi connectivity index (χ4n) is 0.993. The molecule has 9 heavy (non-hydrogen) atoms. The maximum absolute atomic E-state index is 5.42. The summed E-state index contributed by atoms with van der Waals surface area (Å²) in [4.78, 5) is 0. The van der Waals surface area contributed by atoms with Crippen molar-refractivity contribution in [3.8, 4) is 0 Å². The van der Waals surface area contributed by atoms with E-state index in [1.807, 2.05) is 0 Å². The third kappa shape index (κ3) is 1.95. The Hall–Kier alpha value is -0.0800. The Bertz CT molecular complexity index is 77.0. The number of nitrogens with one attached hydrogen (secondary N) is 1. The van der Waals surface area contributed by atoms with Gasteiger partial charge in [0.25, 0.3) is 0 Å². The van der Waals surface area contributed by atoms with Gasteiger partial charge in [0.2, 0.25) is 0 Å². The summed E-state index contributed by atoms with van der Waals surface area (Å²) in [5.41, 5.74) is 0. The van der Waals surface area contributed by atoms with Gasteiger partial charge >= 0.3 is 0 Å². The molecule has 1 rings (SSSR count). The highest BCUT2D eigenvalue weighted by Gasteiger charge is 2.14. The van der Waals surface area contributed by atoms with Gasteiger partial charge in [0, 0.05) is 12.6 Å². The average Bonchev–Trinajstić information content (AvgIpc) is 1.90. The van der Waals surface area contributed by atoms with Crippen molar-refractivity contribution in [1.29, 1.82) is 0 Å². The molecule has 0 aromatic heterocycles. The fraction of sp³-hybridized carbons (Fsp3) is 1.00. The smallest absolute Gasteiger partial charge is 0.0672 e. The molecule has 2 atom stereocenters. The van der Waals surface area contributed by atoms with Crippen molar-refractivity contribution in [2.75, 3.05) is 13.2 Å². The molecule has 1 aliphatic rings. The van der Waals surface area contributed by atoms with Gasteiger partial charge in [-0.05, 0) is 13.3 Å². The summed E-state index contributed by atoms with van der Waals surface area (Å²) in [5.74, 6) is 0. The van der Waals surface area contributed by atoms with E-state index in [9.17, 15) is 0 Å². The van der Waals surface area contributed by atoms with Crippen LogP contribution in [-0.4, -0.2) is 25.3 Å². The van der Waals surface area contributed by atoms with E-state index in [-0.39, 0.29) is 0 Å². The van der Waals surface area contributed by atoms with Gasteiger partial charge in [-0.3, -0.25) is 0 Å². The summed E-state index contributed by atoms with van der Waals surface area (Å²) in [5, 5.41) is 3.39. The van der Waals surface area contributed by atoms with Crippen molar-refractivity contribution >= 4 is 0 Å². The van der Waals surface area contributed by atoms with E-state index in [4.69, 9.17) is 4.74 Å². The lowest BCUT2D eigenvalue weighted by molar-refractivity contribution is 0.0146. The molecule has 0 aliphatic carbocycles. The number of morpholine rings is 1. The first-order valence-electron chi connectivity index (χ1n) is 3.68. The van der Waals surface area contributed by atoms with Crippen molar-refractivity contribution in [2.24, 2.45) is 0 Å². The standard InChI is InChI=1S/C7H15NO/c1-3-7-5-9-6(2)4-8-7/h6-8H,3-5H2,1-2H3/t6-,7-/m0/s1. The van der Waals surface area contributed by atoms with Crippen molar-refractivity contribution in [1.82, 2.24) is 5.32 Å². The molecular weight excluding hydrogens is 114 g/mol. The third-order valence-corrected chi connectivity index (χ3v) is 1.77. The highest BCUT2D eigenvalue weighted by atomic mass is 16.5. The molecule has 54 valence electrons. The number of hydrogen-bond acceptors (Lipinski definition) is 2. The molecular formula is C7H15NO.